The van der Waals surface area contributed by atoms with Crippen molar-refractivity contribution in [2.24, 2.45) is 5.73 Å². The summed E-state index contributed by atoms with van der Waals surface area (Å²) in [5.41, 5.74) is 5.19. The maximum atomic E-state index is 10.1. The minimum absolute atomic E-state index is 0.0739. The summed E-state index contributed by atoms with van der Waals surface area (Å²) in [5.74, 6) is 1.27. The zero-order valence-corrected chi connectivity index (χ0v) is 10.9. The average molecular weight is 239 g/mol. The van der Waals surface area contributed by atoms with Crippen LogP contribution in [0.4, 0.5) is 0 Å². The van der Waals surface area contributed by atoms with Gasteiger partial charge in [0.25, 0.3) is 0 Å². The maximum Gasteiger partial charge on any atom is 0.161 e. The number of nitrogens with two attached hydrogens (primary N) is 1. The molecule has 0 amide bonds. The first-order valence-corrected chi connectivity index (χ1v) is 5.68. The molecule has 3 N–H and O–H groups in total. The lowest BCUT2D eigenvalue weighted by molar-refractivity contribution is 0.0664. The van der Waals surface area contributed by atoms with Crippen molar-refractivity contribution in [3.63, 3.8) is 0 Å². The molecular formula is C13H21NO3. The maximum absolute atomic E-state index is 10.1. The third-order valence-corrected chi connectivity index (χ3v) is 2.55. The van der Waals surface area contributed by atoms with Gasteiger partial charge in [-0.15, -0.1) is 0 Å². The number of benzene rings is 1. The van der Waals surface area contributed by atoms with Crippen LogP contribution >= 0.6 is 0 Å². The molecule has 1 aromatic rings. The summed E-state index contributed by atoms with van der Waals surface area (Å²) in [5, 5.41) is 10.1. The number of methoxy groups -OCH3 is 1. The van der Waals surface area contributed by atoms with Crippen LogP contribution in [0.5, 0.6) is 11.5 Å². The van der Waals surface area contributed by atoms with E-state index in [4.69, 9.17) is 15.2 Å². The zero-order valence-electron chi connectivity index (χ0n) is 10.9. The van der Waals surface area contributed by atoms with E-state index in [0.29, 0.717) is 17.1 Å². The fraction of sp³-hybridized carbons (Fsp3) is 0.538. The molecule has 0 aliphatic rings. The molecule has 0 saturated heterocycles. The monoisotopic (exact) mass is 239 g/mol. The molecule has 1 rings (SSSR count). The second kappa shape index (κ2) is 5.38. The summed E-state index contributed by atoms with van der Waals surface area (Å²) >= 11 is 0. The van der Waals surface area contributed by atoms with Gasteiger partial charge in [-0.25, -0.2) is 0 Å². The van der Waals surface area contributed by atoms with Crippen molar-refractivity contribution in [1.82, 2.24) is 0 Å². The Balaban J connectivity index is 3.08. The second-order valence-corrected chi connectivity index (χ2v) is 4.51. The van der Waals surface area contributed by atoms with Crippen LogP contribution in [-0.2, 0) is 5.60 Å². The minimum atomic E-state index is -1.05. The number of rotatable bonds is 5. The summed E-state index contributed by atoms with van der Waals surface area (Å²) in [4.78, 5) is 0. The predicted molar refractivity (Wildman–Crippen MR) is 67.4 cm³/mol. The Kier molecular flexibility index (Phi) is 4.37. The molecule has 0 radical (unpaired) electrons. The number of ether oxygens (including phenoxy) is 2. The van der Waals surface area contributed by atoms with E-state index in [0.717, 1.165) is 0 Å². The molecule has 0 saturated carbocycles. The third kappa shape index (κ3) is 3.35. The van der Waals surface area contributed by atoms with Crippen molar-refractivity contribution < 1.29 is 14.6 Å². The van der Waals surface area contributed by atoms with Crippen LogP contribution in [0.15, 0.2) is 18.2 Å². The van der Waals surface area contributed by atoms with E-state index >= 15 is 0 Å². The van der Waals surface area contributed by atoms with Crippen molar-refractivity contribution in [2.45, 2.75) is 32.5 Å². The number of aliphatic hydroxyl groups is 1. The van der Waals surface area contributed by atoms with Gasteiger partial charge in [-0.1, -0.05) is 6.07 Å². The van der Waals surface area contributed by atoms with E-state index in [1.807, 2.05) is 13.8 Å². The first kappa shape index (κ1) is 13.8. The Hall–Kier alpha value is -1.26. The Morgan fingerprint density at radius 3 is 2.47 bits per heavy atom. The standard InChI is InChI=1S/C13H21NO3/c1-9(2)17-11-6-5-10(7-12(11)16-4)13(3,15)8-14/h5-7,9,15H,8,14H2,1-4H3. The molecule has 1 aromatic carbocycles. The topological polar surface area (TPSA) is 64.7 Å². The molecule has 0 fully saturated rings. The van der Waals surface area contributed by atoms with Gasteiger partial charge in [0.15, 0.2) is 11.5 Å². The molecule has 17 heavy (non-hydrogen) atoms. The van der Waals surface area contributed by atoms with Crippen molar-refractivity contribution in [3.05, 3.63) is 23.8 Å². The van der Waals surface area contributed by atoms with Gasteiger partial charge in [0.2, 0.25) is 0 Å². The molecule has 0 aliphatic carbocycles. The minimum Gasteiger partial charge on any atom is -0.493 e. The highest BCUT2D eigenvalue weighted by Crippen LogP contribution is 2.32. The molecule has 0 heterocycles. The molecule has 4 nitrogen and oxygen atoms in total. The lowest BCUT2D eigenvalue weighted by Crippen LogP contribution is -2.31. The van der Waals surface area contributed by atoms with E-state index in [1.165, 1.54) is 0 Å². The van der Waals surface area contributed by atoms with E-state index in [9.17, 15) is 5.11 Å². The van der Waals surface area contributed by atoms with E-state index < -0.39 is 5.60 Å². The van der Waals surface area contributed by atoms with E-state index in [-0.39, 0.29) is 12.6 Å². The number of hydrogen-bond donors (Lipinski definition) is 2. The van der Waals surface area contributed by atoms with Gasteiger partial charge in [0.1, 0.15) is 0 Å². The van der Waals surface area contributed by atoms with Crippen LogP contribution in [0.1, 0.15) is 26.3 Å². The van der Waals surface area contributed by atoms with Gasteiger partial charge < -0.3 is 20.3 Å². The summed E-state index contributed by atoms with van der Waals surface area (Å²) in [6.45, 7) is 5.72. The summed E-state index contributed by atoms with van der Waals surface area (Å²) in [6, 6.07) is 5.34. The lowest BCUT2D eigenvalue weighted by atomic mass is 9.96. The van der Waals surface area contributed by atoms with Crippen molar-refractivity contribution in [2.75, 3.05) is 13.7 Å². The molecule has 0 aliphatic heterocycles. The van der Waals surface area contributed by atoms with Gasteiger partial charge in [-0.3, -0.25) is 0 Å². The molecular weight excluding hydrogens is 218 g/mol. The lowest BCUT2D eigenvalue weighted by Gasteiger charge is -2.23. The Bertz CT molecular complexity index is 375. The van der Waals surface area contributed by atoms with Crippen LogP contribution in [0.3, 0.4) is 0 Å². The highest BCUT2D eigenvalue weighted by molar-refractivity contribution is 5.44. The van der Waals surface area contributed by atoms with E-state index in [1.54, 1.807) is 32.2 Å². The molecule has 0 bridgehead atoms. The Morgan fingerprint density at radius 1 is 1.35 bits per heavy atom. The van der Waals surface area contributed by atoms with Gasteiger partial charge in [0.05, 0.1) is 18.8 Å². The van der Waals surface area contributed by atoms with Crippen LogP contribution < -0.4 is 15.2 Å². The Morgan fingerprint density at radius 2 is 2.00 bits per heavy atom. The van der Waals surface area contributed by atoms with Crippen LogP contribution in [0, 0.1) is 0 Å². The zero-order chi connectivity index (χ0) is 13.1. The van der Waals surface area contributed by atoms with Crippen molar-refractivity contribution >= 4 is 0 Å². The fourth-order valence-corrected chi connectivity index (χ4v) is 1.47. The summed E-state index contributed by atoms with van der Waals surface area (Å²) < 4.78 is 10.8. The van der Waals surface area contributed by atoms with Crippen LogP contribution in [0.25, 0.3) is 0 Å². The molecule has 96 valence electrons. The second-order valence-electron chi connectivity index (χ2n) is 4.51. The average Bonchev–Trinajstić information content (AvgIpc) is 2.28. The van der Waals surface area contributed by atoms with Crippen molar-refractivity contribution in [3.8, 4) is 11.5 Å². The fourth-order valence-electron chi connectivity index (χ4n) is 1.47. The predicted octanol–water partition coefficient (Wildman–Crippen LogP) is 1.65. The van der Waals surface area contributed by atoms with Gasteiger partial charge >= 0.3 is 0 Å². The first-order chi connectivity index (χ1) is 7.90. The molecule has 0 spiro atoms. The SMILES string of the molecule is COc1cc(C(C)(O)CN)ccc1OC(C)C. The molecule has 1 unspecified atom stereocenters. The molecule has 4 heteroatoms. The van der Waals surface area contributed by atoms with Crippen LogP contribution in [0.2, 0.25) is 0 Å². The first-order valence-electron chi connectivity index (χ1n) is 5.68. The number of hydrogen-bond acceptors (Lipinski definition) is 4. The van der Waals surface area contributed by atoms with Crippen LogP contribution in [-0.4, -0.2) is 24.9 Å². The smallest absolute Gasteiger partial charge is 0.161 e. The summed E-state index contributed by atoms with van der Waals surface area (Å²) in [7, 11) is 1.57. The van der Waals surface area contributed by atoms with E-state index in [2.05, 4.69) is 0 Å². The van der Waals surface area contributed by atoms with Gasteiger partial charge in [-0.05, 0) is 38.5 Å². The Labute approximate surface area is 102 Å². The van der Waals surface area contributed by atoms with Gasteiger partial charge in [-0.2, -0.15) is 0 Å². The largest absolute Gasteiger partial charge is 0.493 e. The highest BCUT2D eigenvalue weighted by Gasteiger charge is 2.22. The highest BCUT2D eigenvalue weighted by atomic mass is 16.5. The normalized spacial score (nSPS) is 14.5. The molecule has 0 aromatic heterocycles. The van der Waals surface area contributed by atoms with Gasteiger partial charge in [0, 0.05) is 6.54 Å². The molecule has 1 atom stereocenters. The quantitative estimate of drug-likeness (QED) is 0.820. The van der Waals surface area contributed by atoms with Crippen molar-refractivity contribution in [1.29, 1.82) is 0 Å². The third-order valence-electron chi connectivity index (χ3n) is 2.55. The summed E-state index contributed by atoms with van der Waals surface area (Å²) in [6.07, 6.45) is 0.0739.